The molecule has 0 heterocycles. The number of aliphatic hydroxyl groups excluding tert-OH is 1. The maximum absolute atomic E-state index is 13.2. The molecular weight excluding hydrogens is 1460 g/mol. The predicted molar refractivity (Wildman–Crippen MR) is 469 cm³/mol. The Hall–Kier alpha value is -1.94. The zero-order valence-corrected chi connectivity index (χ0v) is 76.3. The van der Waals surface area contributed by atoms with Crippen molar-refractivity contribution in [2.24, 2.45) is 5.92 Å². The standard InChI is InChI=1S/C94H184O17P2/c1-6-9-12-15-18-21-24-26-28-30-32-34-36-40-44-48-53-58-63-68-73-78-92(97)105-84-90(111-94(99)80-75-70-65-60-55-50-46-42-38-37-39-43-47-52-56-61-66-71-76-87(4)5)86-109-113(102,103)107-82-88(95)81-106-112(100,101)108-85-89(83-104-91(96)77-72-67-62-57-51-23-20-17-14-11-8-3)110-93(98)79-74-69-64-59-54-49-45-41-35-33-31-29-27-25-22-19-16-13-10-7-2/h87-90,95H,6-86H2,1-5H3,(H,100,101)(H,102,103)/t88-,89+,90+/m0/s1. The summed E-state index contributed by atoms with van der Waals surface area (Å²) in [7, 11) is -9.94. The van der Waals surface area contributed by atoms with Gasteiger partial charge in [-0.1, -0.05) is 465 Å². The molecule has 0 aliphatic carbocycles. The molecule has 0 radical (unpaired) electrons. The van der Waals surface area contributed by atoms with Crippen LogP contribution in [0, 0.1) is 5.92 Å². The molecule has 17 nitrogen and oxygen atoms in total. The molecule has 0 aromatic heterocycles. The van der Waals surface area contributed by atoms with E-state index in [1.807, 2.05) is 0 Å². The first-order chi connectivity index (χ1) is 55.0. The van der Waals surface area contributed by atoms with E-state index in [1.165, 1.54) is 340 Å². The van der Waals surface area contributed by atoms with Crippen LogP contribution in [-0.2, 0) is 65.4 Å². The average Bonchev–Trinajstić information content (AvgIpc) is 0.900. The minimum Gasteiger partial charge on any atom is -0.462 e. The molecule has 3 N–H and O–H groups in total. The highest BCUT2D eigenvalue weighted by Gasteiger charge is 2.31. The van der Waals surface area contributed by atoms with Gasteiger partial charge in [-0.05, 0) is 31.6 Å². The fourth-order valence-electron chi connectivity index (χ4n) is 14.9. The fraction of sp³-hybridized carbons (Fsp3) is 0.957. The molecular formula is C94H184O17P2. The quantitative estimate of drug-likeness (QED) is 0.0222. The topological polar surface area (TPSA) is 237 Å². The lowest BCUT2D eigenvalue weighted by molar-refractivity contribution is -0.161. The number of phosphoric acid groups is 2. The number of phosphoric ester groups is 2. The third-order valence-corrected chi connectivity index (χ3v) is 24.2. The first-order valence-electron chi connectivity index (χ1n) is 48.6. The summed E-state index contributed by atoms with van der Waals surface area (Å²) in [5, 5.41) is 10.7. The van der Waals surface area contributed by atoms with Gasteiger partial charge in [0, 0.05) is 25.7 Å². The minimum absolute atomic E-state index is 0.110. The predicted octanol–water partition coefficient (Wildman–Crippen LogP) is 29.5. The van der Waals surface area contributed by atoms with Crippen molar-refractivity contribution in [2.45, 2.75) is 534 Å². The highest BCUT2D eigenvalue weighted by molar-refractivity contribution is 7.47. The SMILES string of the molecule is CCCCCCCCCCCCCCCCCCCCCCCC(=O)OC[C@H](COP(=O)(O)OC[C@@H](O)COP(=O)(O)OC[C@@H](COC(=O)CCCCCCCCCCCCC)OC(=O)CCCCCCCCCCCCCCCCCCCCCC)OC(=O)CCCCCCCCCCCCCCCCCCCCC(C)C. The third-order valence-electron chi connectivity index (χ3n) is 22.3. The van der Waals surface area contributed by atoms with E-state index >= 15 is 0 Å². The lowest BCUT2D eigenvalue weighted by Gasteiger charge is -2.21. The van der Waals surface area contributed by atoms with Crippen molar-refractivity contribution in [2.75, 3.05) is 39.6 Å². The molecule has 0 aromatic carbocycles. The van der Waals surface area contributed by atoms with Crippen molar-refractivity contribution in [1.29, 1.82) is 0 Å². The number of rotatable bonds is 94. The Morgan fingerprint density at radius 2 is 0.407 bits per heavy atom. The van der Waals surface area contributed by atoms with E-state index in [-0.39, 0.29) is 25.7 Å². The van der Waals surface area contributed by atoms with Crippen molar-refractivity contribution in [1.82, 2.24) is 0 Å². The van der Waals surface area contributed by atoms with Crippen LogP contribution in [0.4, 0.5) is 0 Å². The van der Waals surface area contributed by atoms with Gasteiger partial charge in [0.15, 0.2) is 12.2 Å². The van der Waals surface area contributed by atoms with E-state index < -0.39 is 97.5 Å². The molecule has 0 saturated heterocycles. The van der Waals surface area contributed by atoms with Crippen molar-refractivity contribution in [3.8, 4) is 0 Å². The van der Waals surface area contributed by atoms with Crippen molar-refractivity contribution >= 4 is 39.5 Å². The van der Waals surface area contributed by atoms with Crippen LogP contribution < -0.4 is 0 Å². The molecule has 0 amide bonds. The van der Waals surface area contributed by atoms with Crippen molar-refractivity contribution in [3.63, 3.8) is 0 Å². The Bertz CT molecular complexity index is 2140. The van der Waals surface area contributed by atoms with Crippen LogP contribution in [0.3, 0.4) is 0 Å². The van der Waals surface area contributed by atoms with Crippen LogP contribution in [0.2, 0.25) is 0 Å². The van der Waals surface area contributed by atoms with Crippen LogP contribution in [0.15, 0.2) is 0 Å². The maximum atomic E-state index is 13.2. The molecule has 0 spiro atoms. The van der Waals surface area contributed by atoms with Gasteiger partial charge in [-0.25, -0.2) is 9.13 Å². The van der Waals surface area contributed by atoms with Crippen LogP contribution in [-0.4, -0.2) is 96.7 Å². The molecule has 5 atom stereocenters. The smallest absolute Gasteiger partial charge is 0.462 e. The van der Waals surface area contributed by atoms with Gasteiger partial charge in [-0.2, -0.15) is 0 Å². The number of carbonyl (C=O) groups is 4. The molecule has 0 aromatic rings. The lowest BCUT2D eigenvalue weighted by Crippen LogP contribution is -2.30. The first-order valence-corrected chi connectivity index (χ1v) is 51.6. The average molecular weight is 1650 g/mol. The Balaban J connectivity index is 5.22. The number of esters is 4. The molecule has 0 aliphatic heterocycles. The lowest BCUT2D eigenvalue weighted by atomic mass is 10.0. The van der Waals surface area contributed by atoms with Crippen LogP contribution in [0.1, 0.15) is 516 Å². The normalized spacial score (nSPS) is 13.6. The summed E-state index contributed by atoms with van der Waals surface area (Å²) < 4.78 is 69.2. The third kappa shape index (κ3) is 87.7. The second kappa shape index (κ2) is 86.4. The van der Waals surface area contributed by atoms with Crippen LogP contribution in [0.25, 0.3) is 0 Å². The number of unbranched alkanes of at least 4 members (excludes halogenated alkanes) is 66. The van der Waals surface area contributed by atoms with Gasteiger partial charge in [-0.15, -0.1) is 0 Å². The molecule has 2 unspecified atom stereocenters. The summed E-state index contributed by atoms with van der Waals surface area (Å²) >= 11 is 0. The van der Waals surface area contributed by atoms with Gasteiger partial charge in [0.2, 0.25) is 0 Å². The molecule has 0 saturated carbocycles. The molecule has 0 aliphatic rings. The van der Waals surface area contributed by atoms with E-state index in [0.29, 0.717) is 25.7 Å². The highest BCUT2D eigenvalue weighted by Crippen LogP contribution is 2.45. The zero-order chi connectivity index (χ0) is 82.6. The van der Waals surface area contributed by atoms with Crippen molar-refractivity contribution < 1.29 is 80.2 Å². The number of hydrogen-bond acceptors (Lipinski definition) is 15. The van der Waals surface area contributed by atoms with E-state index in [1.54, 1.807) is 0 Å². The number of hydrogen-bond donors (Lipinski definition) is 3. The highest BCUT2D eigenvalue weighted by atomic mass is 31.2. The monoisotopic (exact) mass is 1650 g/mol. The summed E-state index contributed by atoms with van der Waals surface area (Å²) in [5.41, 5.74) is 0. The fourth-order valence-corrected chi connectivity index (χ4v) is 16.5. The van der Waals surface area contributed by atoms with E-state index in [2.05, 4.69) is 34.6 Å². The molecule has 0 rings (SSSR count). The number of carbonyl (C=O) groups excluding carboxylic acids is 4. The largest absolute Gasteiger partial charge is 0.472 e. The molecule has 0 bridgehead atoms. The Morgan fingerprint density at radius 3 is 0.602 bits per heavy atom. The van der Waals surface area contributed by atoms with Gasteiger partial charge < -0.3 is 33.8 Å². The van der Waals surface area contributed by atoms with Gasteiger partial charge in [0.25, 0.3) is 0 Å². The molecule has 19 heteroatoms. The number of ether oxygens (including phenoxy) is 4. The van der Waals surface area contributed by atoms with E-state index in [0.717, 1.165) is 95.8 Å². The summed E-state index contributed by atoms with van der Waals surface area (Å²) in [6, 6.07) is 0. The maximum Gasteiger partial charge on any atom is 0.472 e. The summed E-state index contributed by atoms with van der Waals surface area (Å²) in [6.07, 6.45) is 83.5. The van der Waals surface area contributed by atoms with Gasteiger partial charge in [-0.3, -0.25) is 37.3 Å². The first kappa shape index (κ1) is 111. The Kier molecular flexibility index (Phi) is 85.0. The van der Waals surface area contributed by atoms with E-state index in [9.17, 15) is 43.2 Å². The second-order valence-corrected chi connectivity index (χ2v) is 37.1. The molecule has 113 heavy (non-hydrogen) atoms. The molecule has 672 valence electrons. The second-order valence-electron chi connectivity index (χ2n) is 34.2. The van der Waals surface area contributed by atoms with Crippen LogP contribution in [0.5, 0.6) is 0 Å². The molecule has 0 fully saturated rings. The Labute approximate surface area is 696 Å². The van der Waals surface area contributed by atoms with E-state index in [4.69, 9.17) is 37.0 Å². The van der Waals surface area contributed by atoms with Gasteiger partial charge in [0.05, 0.1) is 26.4 Å². The number of aliphatic hydroxyl groups is 1. The Morgan fingerprint density at radius 1 is 0.239 bits per heavy atom. The summed E-state index contributed by atoms with van der Waals surface area (Å²) in [4.78, 5) is 73.5. The zero-order valence-electron chi connectivity index (χ0n) is 74.5. The summed E-state index contributed by atoms with van der Waals surface area (Å²) in [5.74, 6) is -1.27. The van der Waals surface area contributed by atoms with Crippen LogP contribution >= 0.6 is 15.6 Å². The van der Waals surface area contributed by atoms with Gasteiger partial charge in [0.1, 0.15) is 19.3 Å². The summed E-state index contributed by atoms with van der Waals surface area (Å²) in [6.45, 7) is 7.44. The minimum atomic E-state index is -4.97. The van der Waals surface area contributed by atoms with Crippen molar-refractivity contribution in [3.05, 3.63) is 0 Å². The van der Waals surface area contributed by atoms with Gasteiger partial charge >= 0.3 is 39.5 Å².